The van der Waals surface area contributed by atoms with Gasteiger partial charge in [0.05, 0.1) is 17.7 Å². The Morgan fingerprint density at radius 2 is 1.90 bits per heavy atom. The van der Waals surface area contributed by atoms with E-state index < -0.39 is 0 Å². The first-order chi connectivity index (χ1) is 14.7. The van der Waals surface area contributed by atoms with E-state index in [0.717, 1.165) is 56.1 Å². The lowest BCUT2D eigenvalue weighted by atomic mass is 9.96. The molecule has 5 rings (SSSR count). The molecule has 1 aliphatic carbocycles. The van der Waals surface area contributed by atoms with Crippen molar-refractivity contribution in [1.29, 1.82) is 0 Å². The minimum absolute atomic E-state index is 0.000117. The Labute approximate surface area is 175 Å². The van der Waals surface area contributed by atoms with Gasteiger partial charge >= 0.3 is 0 Å². The van der Waals surface area contributed by atoms with E-state index in [9.17, 15) is 4.79 Å². The number of hydrogen-bond acceptors (Lipinski definition) is 6. The lowest BCUT2D eigenvalue weighted by molar-refractivity contribution is 0.164. The van der Waals surface area contributed by atoms with Crippen molar-refractivity contribution in [2.45, 2.75) is 44.7 Å². The summed E-state index contributed by atoms with van der Waals surface area (Å²) in [7, 11) is 0. The second-order valence-corrected chi connectivity index (χ2v) is 8.41. The predicted octanol–water partition coefficient (Wildman–Crippen LogP) is 2.88. The second kappa shape index (κ2) is 8.44. The molecule has 7 nitrogen and oxygen atoms in total. The zero-order valence-corrected chi connectivity index (χ0v) is 17.0. The molecule has 2 aliphatic rings. The van der Waals surface area contributed by atoms with Crippen LogP contribution in [-0.4, -0.2) is 42.5 Å². The van der Waals surface area contributed by atoms with Gasteiger partial charge in [-0.1, -0.05) is 0 Å². The lowest BCUT2D eigenvalue weighted by Crippen LogP contribution is -2.36. The Hall–Kier alpha value is -2.93. The van der Waals surface area contributed by atoms with Crippen LogP contribution in [0, 0.1) is 5.92 Å². The maximum Gasteiger partial charge on any atom is 0.253 e. The zero-order valence-electron chi connectivity index (χ0n) is 17.0. The van der Waals surface area contributed by atoms with Gasteiger partial charge in [-0.15, -0.1) is 0 Å². The smallest absolute Gasteiger partial charge is 0.253 e. The van der Waals surface area contributed by atoms with Crippen molar-refractivity contribution in [2.75, 3.05) is 13.1 Å². The van der Waals surface area contributed by atoms with E-state index in [0.29, 0.717) is 17.5 Å². The molecule has 0 aromatic carbocycles. The highest BCUT2D eigenvalue weighted by Gasteiger charge is 2.27. The Kier molecular flexibility index (Phi) is 5.36. The van der Waals surface area contributed by atoms with Gasteiger partial charge < -0.3 is 0 Å². The molecule has 0 amide bonds. The summed E-state index contributed by atoms with van der Waals surface area (Å²) in [6.07, 6.45) is 11.6. The SMILES string of the molecule is O=c1cc(-c2cccnc2)ncn1CC1CCN(Cc2ccnc(C3CC3)n2)CC1. The molecule has 0 radical (unpaired) electrons. The number of hydrogen-bond donors (Lipinski definition) is 0. The molecular formula is C23H26N6O. The average molecular weight is 403 g/mol. The van der Waals surface area contributed by atoms with E-state index >= 15 is 0 Å². The van der Waals surface area contributed by atoms with Gasteiger partial charge in [0.2, 0.25) is 0 Å². The first kappa shape index (κ1) is 19.1. The minimum atomic E-state index is -0.000117. The third-order valence-corrected chi connectivity index (χ3v) is 6.06. The van der Waals surface area contributed by atoms with Crippen LogP contribution in [0.4, 0.5) is 0 Å². The summed E-state index contributed by atoms with van der Waals surface area (Å²) in [6, 6.07) is 7.41. The van der Waals surface area contributed by atoms with E-state index in [-0.39, 0.29) is 5.56 Å². The number of pyridine rings is 1. The molecule has 154 valence electrons. The summed E-state index contributed by atoms with van der Waals surface area (Å²) in [5.41, 5.74) is 2.66. The molecule has 1 saturated heterocycles. The van der Waals surface area contributed by atoms with Gasteiger partial charge in [-0.2, -0.15) is 0 Å². The zero-order chi connectivity index (χ0) is 20.3. The highest BCUT2D eigenvalue weighted by atomic mass is 16.1. The first-order valence-electron chi connectivity index (χ1n) is 10.8. The van der Waals surface area contributed by atoms with Crippen LogP contribution in [0.1, 0.15) is 43.1 Å². The molecule has 30 heavy (non-hydrogen) atoms. The first-order valence-corrected chi connectivity index (χ1v) is 10.8. The minimum Gasteiger partial charge on any atom is -0.299 e. The lowest BCUT2D eigenvalue weighted by Gasteiger charge is -2.31. The fourth-order valence-corrected chi connectivity index (χ4v) is 4.11. The molecule has 3 aromatic rings. The van der Waals surface area contributed by atoms with Gasteiger partial charge in [0.1, 0.15) is 5.82 Å². The van der Waals surface area contributed by atoms with Gasteiger partial charge in [0.25, 0.3) is 5.56 Å². The van der Waals surface area contributed by atoms with Crippen LogP contribution in [-0.2, 0) is 13.1 Å². The molecule has 7 heteroatoms. The Balaban J connectivity index is 1.16. The molecule has 0 N–H and O–H groups in total. The summed E-state index contributed by atoms with van der Waals surface area (Å²) in [4.78, 5) is 32.8. The van der Waals surface area contributed by atoms with E-state index in [1.54, 1.807) is 29.4 Å². The van der Waals surface area contributed by atoms with Crippen molar-refractivity contribution in [3.8, 4) is 11.3 Å². The maximum absolute atomic E-state index is 12.6. The third kappa shape index (κ3) is 4.46. The summed E-state index contributed by atoms with van der Waals surface area (Å²) in [5.74, 6) is 2.11. The molecular weight excluding hydrogens is 376 g/mol. The van der Waals surface area contributed by atoms with E-state index in [4.69, 9.17) is 4.98 Å². The molecule has 2 fully saturated rings. The van der Waals surface area contributed by atoms with Crippen LogP contribution in [0.25, 0.3) is 11.3 Å². The Morgan fingerprint density at radius 3 is 2.63 bits per heavy atom. The van der Waals surface area contributed by atoms with Crippen molar-refractivity contribution in [1.82, 2.24) is 29.4 Å². The van der Waals surface area contributed by atoms with Crippen LogP contribution in [0.3, 0.4) is 0 Å². The van der Waals surface area contributed by atoms with Gasteiger partial charge in [0, 0.05) is 49.2 Å². The van der Waals surface area contributed by atoms with Crippen molar-refractivity contribution in [2.24, 2.45) is 5.92 Å². The normalized spacial score (nSPS) is 17.9. The molecule has 1 aliphatic heterocycles. The van der Waals surface area contributed by atoms with Crippen molar-refractivity contribution < 1.29 is 0 Å². The monoisotopic (exact) mass is 402 g/mol. The van der Waals surface area contributed by atoms with Crippen molar-refractivity contribution >= 4 is 0 Å². The standard InChI is InChI=1S/C23H26N6O/c30-22-12-21(19-2-1-8-24-13-19)26-16-29(22)14-17-6-10-28(11-7-17)15-20-5-9-25-23(27-20)18-3-4-18/h1-2,5,8-9,12-13,16-18H,3-4,6-7,10-11,14-15H2. The van der Waals surface area contributed by atoms with Crippen molar-refractivity contribution in [3.05, 3.63) is 71.1 Å². The van der Waals surface area contributed by atoms with Crippen LogP contribution < -0.4 is 5.56 Å². The molecule has 3 aromatic heterocycles. The molecule has 0 unspecified atom stereocenters. The third-order valence-electron chi connectivity index (χ3n) is 6.06. The van der Waals surface area contributed by atoms with Gasteiger partial charge in [0.15, 0.2) is 0 Å². The van der Waals surface area contributed by atoms with Gasteiger partial charge in [-0.05, 0) is 62.9 Å². The van der Waals surface area contributed by atoms with Crippen LogP contribution in [0.15, 0.2) is 54.0 Å². The highest BCUT2D eigenvalue weighted by Crippen LogP contribution is 2.37. The molecule has 4 heterocycles. The number of piperidine rings is 1. The average Bonchev–Trinajstić information content (AvgIpc) is 3.63. The van der Waals surface area contributed by atoms with Crippen LogP contribution in [0.5, 0.6) is 0 Å². The Morgan fingerprint density at radius 1 is 1.03 bits per heavy atom. The fraction of sp³-hybridized carbons (Fsp3) is 0.435. The van der Waals surface area contributed by atoms with E-state index in [2.05, 4.69) is 19.9 Å². The fourth-order valence-electron chi connectivity index (χ4n) is 4.11. The summed E-state index contributed by atoms with van der Waals surface area (Å²) in [5, 5.41) is 0. The number of likely N-dealkylation sites (tertiary alicyclic amines) is 1. The highest BCUT2D eigenvalue weighted by molar-refractivity contribution is 5.56. The van der Waals surface area contributed by atoms with Gasteiger partial charge in [-0.3, -0.25) is 19.2 Å². The molecule has 0 spiro atoms. The number of nitrogens with zero attached hydrogens (tertiary/aromatic N) is 6. The van der Waals surface area contributed by atoms with Crippen LogP contribution >= 0.6 is 0 Å². The number of aromatic nitrogens is 5. The molecule has 1 saturated carbocycles. The quantitative estimate of drug-likeness (QED) is 0.631. The molecule has 0 bridgehead atoms. The maximum atomic E-state index is 12.6. The van der Waals surface area contributed by atoms with Crippen molar-refractivity contribution in [3.63, 3.8) is 0 Å². The molecule has 0 atom stereocenters. The second-order valence-electron chi connectivity index (χ2n) is 8.41. The largest absolute Gasteiger partial charge is 0.299 e. The summed E-state index contributed by atoms with van der Waals surface area (Å²) < 4.78 is 1.74. The Bertz CT molecular complexity index is 1050. The summed E-state index contributed by atoms with van der Waals surface area (Å²) >= 11 is 0. The predicted molar refractivity (Wildman–Crippen MR) is 114 cm³/mol. The summed E-state index contributed by atoms with van der Waals surface area (Å²) in [6.45, 7) is 3.68. The van der Waals surface area contributed by atoms with E-state index in [1.165, 1.54) is 12.8 Å². The van der Waals surface area contributed by atoms with Gasteiger partial charge in [-0.25, -0.2) is 15.0 Å². The topological polar surface area (TPSA) is 76.8 Å². The number of rotatable bonds is 6. The van der Waals surface area contributed by atoms with E-state index in [1.807, 2.05) is 24.4 Å². The van der Waals surface area contributed by atoms with Crippen LogP contribution in [0.2, 0.25) is 0 Å².